The number of H-pyrrole nitrogens is 1. The second kappa shape index (κ2) is 6.23. The minimum absolute atomic E-state index is 0.206. The van der Waals surface area contributed by atoms with Gasteiger partial charge in [0, 0.05) is 31.0 Å². The van der Waals surface area contributed by atoms with Crippen LogP contribution in [-0.4, -0.2) is 38.7 Å². The molecule has 1 amide bonds. The number of amides is 1. The molecular formula is C17H24N4OS. The van der Waals surface area contributed by atoms with Crippen molar-refractivity contribution in [2.24, 2.45) is 5.92 Å². The van der Waals surface area contributed by atoms with Crippen molar-refractivity contribution in [3.63, 3.8) is 0 Å². The number of aromatic nitrogens is 3. The van der Waals surface area contributed by atoms with Crippen LogP contribution in [0.3, 0.4) is 0 Å². The van der Waals surface area contributed by atoms with Gasteiger partial charge in [0.25, 0.3) is 0 Å². The average Bonchev–Trinajstić information content (AvgIpc) is 3.37. The molecule has 1 aromatic heterocycles. The summed E-state index contributed by atoms with van der Waals surface area (Å²) in [6.07, 6.45) is 11.8. The van der Waals surface area contributed by atoms with Crippen LogP contribution in [0.1, 0.15) is 62.7 Å². The molecule has 0 aromatic carbocycles. The predicted molar refractivity (Wildman–Crippen MR) is 90.7 cm³/mol. The summed E-state index contributed by atoms with van der Waals surface area (Å²) >= 11 is 5.38. The molecule has 0 bridgehead atoms. The average molecular weight is 332 g/mol. The lowest BCUT2D eigenvalue weighted by Gasteiger charge is -2.34. The summed E-state index contributed by atoms with van der Waals surface area (Å²) in [4.78, 5) is 14.7. The zero-order chi connectivity index (χ0) is 15.8. The number of hydrogen-bond donors (Lipinski definition) is 1. The Balaban J connectivity index is 1.40. The van der Waals surface area contributed by atoms with E-state index in [1.54, 1.807) is 0 Å². The number of carbonyl (C=O) groups excluding carboxylic acids is 1. The molecule has 1 saturated carbocycles. The molecule has 1 saturated heterocycles. The molecule has 3 aliphatic rings. The van der Waals surface area contributed by atoms with Crippen molar-refractivity contribution in [1.82, 2.24) is 19.7 Å². The predicted octanol–water partition coefficient (Wildman–Crippen LogP) is 3.34. The highest BCUT2D eigenvalue weighted by atomic mass is 32.1. The molecule has 2 heterocycles. The van der Waals surface area contributed by atoms with Crippen LogP contribution in [0.15, 0.2) is 12.2 Å². The van der Waals surface area contributed by atoms with Gasteiger partial charge >= 0.3 is 0 Å². The lowest BCUT2D eigenvalue weighted by atomic mass is 9.90. The van der Waals surface area contributed by atoms with Crippen LogP contribution in [0.25, 0.3) is 0 Å². The van der Waals surface area contributed by atoms with Crippen LogP contribution in [-0.2, 0) is 4.79 Å². The number of piperidine rings is 1. The van der Waals surface area contributed by atoms with Crippen molar-refractivity contribution in [3.05, 3.63) is 22.7 Å². The topological polar surface area (TPSA) is 53.9 Å². The van der Waals surface area contributed by atoms with Gasteiger partial charge < -0.3 is 9.47 Å². The molecule has 1 aromatic rings. The Kier molecular flexibility index (Phi) is 4.09. The first-order chi connectivity index (χ1) is 11.2. The summed E-state index contributed by atoms with van der Waals surface area (Å²) in [7, 11) is 0. The van der Waals surface area contributed by atoms with Gasteiger partial charge in [0.1, 0.15) is 5.82 Å². The molecule has 6 heteroatoms. The van der Waals surface area contributed by atoms with Gasteiger partial charge in [0.05, 0.1) is 0 Å². The highest BCUT2D eigenvalue weighted by Gasteiger charge is 2.33. The Bertz CT molecular complexity index is 664. The smallest absolute Gasteiger partial charge is 0.226 e. The first-order valence-electron chi connectivity index (χ1n) is 8.84. The molecular weight excluding hydrogens is 308 g/mol. The minimum Gasteiger partial charge on any atom is -0.342 e. The highest BCUT2D eigenvalue weighted by molar-refractivity contribution is 7.71. The Morgan fingerprint density at radius 1 is 1.17 bits per heavy atom. The lowest BCUT2D eigenvalue weighted by molar-refractivity contribution is -0.136. The maximum Gasteiger partial charge on any atom is 0.226 e. The summed E-state index contributed by atoms with van der Waals surface area (Å²) in [5.41, 5.74) is 0. The fraction of sp³-hybridized carbons (Fsp3) is 0.706. The monoisotopic (exact) mass is 332 g/mol. The molecule has 4 rings (SSSR count). The largest absolute Gasteiger partial charge is 0.342 e. The van der Waals surface area contributed by atoms with Gasteiger partial charge in [-0.25, -0.2) is 0 Å². The van der Waals surface area contributed by atoms with E-state index in [0.29, 0.717) is 17.9 Å². The van der Waals surface area contributed by atoms with Crippen LogP contribution in [0.4, 0.5) is 0 Å². The number of rotatable bonds is 3. The second-order valence-corrected chi connectivity index (χ2v) is 7.46. The summed E-state index contributed by atoms with van der Waals surface area (Å²) in [5, 5.41) is 7.46. The highest BCUT2D eigenvalue weighted by Crippen LogP contribution is 2.39. The van der Waals surface area contributed by atoms with Gasteiger partial charge in [-0.2, -0.15) is 5.10 Å². The van der Waals surface area contributed by atoms with Crippen LogP contribution in [0.5, 0.6) is 0 Å². The van der Waals surface area contributed by atoms with Crippen LogP contribution < -0.4 is 0 Å². The molecule has 0 spiro atoms. The van der Waals surface area contributed by atoms with Crippen molar-refractivity contribution in [2.45, 2.75) is 56.9 Å². The third-order valence-electron chi connectivity index (χ3n) is 5.43. The minimum atomic E-state index is 0.206. The van der Waals surface area contributed by atoms with Crippen molar-refractivity contribution >= 4 is 18.1 Å². The number of allylic oxidation sites excluding steroid dienone is 2. The van der Waals surface area contributed by atoms with Gasteiger partial charge in [-0.1, -0.05) is 12.2 Å². The van der Waals surface area contributed by atoms with E-state index in [1.165, 1.54) is 12.8 Å². The molecule has 124 valence electrons. The van der Waals surface area contributed by atoms with Gasteiger partial charge in [0.15, 0.2) is 4.77 Å². The standard InChI is InChI=1S/C17H24N4OS/c22-16(13-4-2-1-3-5-13)20-10-8-12(9-11-20)15-18-19-17(23)21(15)14-6-7-14/h1-2,12-14H,3-11H2,(H,19,23). The number of nitrogens with one attached hydrogen (secondary N) is 1. The zero-order valence-corrected chi connectivity index (χ0v) is 14.2. The number of carbonyl (C=O) groups is 1. The maximum absolute atomic E-state index is 12.6. The SMILES string of the molecule is O=C(C1CC=CCC1)N1CCC(c2n[nH]c(=S)n2C2CC2)CC1. The summed E-state index contributed by atoms with van der Waals surface area (Å²) < 4.78 is 2.98. The Morgan fingerprint density at radius 2 is 1.96 bits per heavy atom. The van der Waals surface area contributed by atoms with Crippen LogP contribution in [0.2, 0.25) is 0 Å². The van der Waals surface area contributed by atoms with Crippen LogP contribution >= 0.6 is 12.2 Å². The van der Waals surface area contributed by atoms with E-state index < -0.39 is 0 Å². The number of hydrogen-bond acceptors (Lipinski definition) is 3. The summed E-state index contributed by atoms with van der Waals surface area (Å²) in [6.45, 7) is 1.71. The van der Waals surface area contributed by atoms with Crippen molar-refractivity contribution in [3.8, 4) is 0 Å². The summed E-state index contributed by atoms with van der Waals surface area (Å²) in [6, 6.07) is 0.560. The Labute approximate surface area is 141 Å². The second-order valence-electron chi connectivity index (χ2n) is 7.07. The Morgan fingerprint density at radius 3 is 2.61 bits per heavy atom. The third-order valence-corrected chi connectivity index (χ3v) is 5.72. The molecule has 2 aliphatic carbocycles. The van der Waals surface area contributed by atoms with Crippen molar-refractivity contribution < 1.29 is 4.79 Å². The molecule has 2 fully saturated rings. The molecule has 1 aliphatic heterocycles. The fourth-order valence-electron chi connectivity index (χ4n) is 3.92. The van der Waals surface area contributed by atoms with Gasteiger partial charge in [-0.05, 0) is 57.2 Å². The molecule has 0 radical (unpaired) electrons. The van der Waals surface area contributed by atoms with Crippen LogP contribution in [0, 0.1) is 10.7 Å². The first kappa shape index (κ1) is 15.1. The lowest BCUT2D eigenvalue weighted by Crippen LogP contribution is -2.41. The van der Waals surface area contributed by atoms with Gasteiger partial charge in [-0.3, -0.25) is 9.89 Å². The molecule has 1 atom stereocenters. The van der Waals surface area contributed by atoms with Crippen molar-refractivity contribution in [2.75, 3.05) is 13.1 Å². The van der Waals surface area contributed by atoms with E-state index in [2.05, 4.69) is 31.8 Å². The summed E-state index contributed by atoms with van der Waals surface area (Å²) in [5.74, 6) is 2.11. The number of nitrogens with zero attached hydrogens (tertiary/aromatic N) is 3. The van der Waals surface area contributed by atoms with Gasteiger partial charge in [-0.15, -0.1) is 0 Å². The van der Waals surface area contributed by atoms with Crippen molar-refractivity contribution in [1.29, 1.82) is 0 Å². The van der Waals surface area contributed by atoms with Gasteiger partial charge in [0.2, 0.25) is 5.91 Å². The Hall–Kier alpha value is -1.43. The zero-order valence-electron chi connectivity index (χ0n) is 13.4. The first-order valence-corrected chi connectivity index (χ1v) is 9.25. The van der Waals surface area contributed by atoms with E-state index in [9.17, 15) is 4.79 Å². The maximum atomic E-state index is 12.6. The third kappa shape index (κ3) is 3.01. The molecule has 1 N–H and O–H groups in total. The molecule has 1 unspecified atom stereocenters. The fourth-order valence-corrected chi connectivity index (χ4v) is 4.21. The van der Waals surface area contributed by atoms with E-state index >= 15 is 0 Å². The molecule has 23 heavy (non-hydrogen) atoms. The van der Waals surface area contributed by atoms with E-state index in [0.717, 1.165) is 55.8 Å². The number of likely N-dealkylation sites (tertiary alicyclic amines) is 1. The van der Waals surface area contributed by atoms with E-state index in [1.807, 2.05) is 0 Å². The normalized spacial score (nSPS) is 25.7. The van der Waals surface area contributed by atoms with E-state index in [4.69, 9.17) is 12.2 Å². The number of aromatic amines is 1. The van der Waals surface area contributed by atoms with E-state index in [-0.39, 0.29) is 5.92 Å². The quantitative estimate of drug-likeness (QED) is 0.682. The molecule has 5 nitrogen and oxygen atoms in total.